The van der Waals surface area contributed by atoms with Gasteiger partial charge in [-0.2, -0.15) is 0 Å². The van der Waals surface area contributed by atoms with Gasteiger partial charge in [0.05, 0.1) is 6.54 Å². The average molecular weight is 347 g/mol. The fraction of sp³-hybridized carbons (Fsp3) is 0.421. The fourth-order valence-corrected chi connectivity index (χ4v) is 3.09. The van der Waals surface area contributed by atoms with E-state index in [1.165, 1.54) is 16.8 Å². The van der Waals surface area contributed by atoms with Crippen molar-refractivity contribution in [2.75, 3.05) is 40.3 Å². The van der Waals surface area contributed by atoms with Gasteiger partial charge in [0, 0.05) is 61.6 Å². The zero-order valence-corrected chi connectivity index (χ0v) is 15.4. The molecular formula is C19H27ClN4. The maximum absolute atomic E-state index is 6.01. The summed E-state index contributed by atoms with van der Waals surface area (Å²) in [5.74, 6) is 0. The first kappa shape index (κ1) is 18.6. The van der Waals surface area contributed by atoms with E-state index < -0.39 is 0 Å². The highest BCUT2D eigenvalue weighted by atomic mass is 35.5. The van der Waals surface area contributed by atoms with Crippen molar-refractivity contribution >= 4 is 18.3 Å². The predicted molar refractivity (Wildman–Crippen MR) is 104 cm³/mol. The maximum atomic E-state index is 6.01. The zero-order chi connectivity index (χ0) is 17.5. The summed E-state index contributed by atoms with van der Waals surface area (Å²) in [6.45, 7) is 12.2. The van der Waals surface area contributed by atoms with E-state index in [2.05, 4.69) is 52.6 Å². The molecule has 1 heterocycles. The van der Waals surface area contributed by atoms with Crippen LogP contribution >= 0.6 is 11.6 Å². The van der Waals surface area contributed by atoms with Crippen LogP contribution < -0.4 is 5.32 Å². The molecule has 5 heteroatoms. The van der Waals surface area contributed by atoms with Crippen molar-refractivity contribution in [1.29, 1.82) is 0 Å². The van der Waals surface area contributed by atoms with Gasteiger partial charge in [-0.05, 0) is 31.5 Å². The molecule has 0 bridgehead atoms. The van der Waals surface area contributed by atoms with Crippen LogP contribution in [0.4, 0.5) is 0 Å². The van der Waals surface area contributed by atoms with E-state index >= 15 is 0 Å². The highest BCUT2D eigenvalue weighted by molar-refractivity contribution is 6.30. The quantitative estimate of drug-likeness (QED) is 0.733. The Hall–Kier alpha value is -1.78. The van der Waals surface area contributed by atoms with E-state index in [4.69, 9.17) is 11.6 Å². The summed E-state index contributed by atoms with van der Waals surface area (Å²) >= 11 is 6.01. The van der Waals surface area contributed by atoms with E-state index in [1.54, 1.807) is 0 Å². The summed E-state index contributed by atoms with van der Waals surface area (Å²) in [5, 5.41) is 3.97. The maximum Gasteiger partial charge on any atom is 0.0557 e. The summed E-state index contributed by atoms with van der Waals surface area (Å²) in [6, 6.07) is 8.05. The van der Waals surface area contributed by atoms with Crippen molar-refractivity contribution in [3.63, 3.8) is 0 Å². The first-order valence-electron chi connectivity index (χ1n) is 8.24. The minimum absolute atomic E-state index is 0.715. The van der Waals surface area contributed by atoms with Crippen LogP contribution in [0.1, 0.15) is 12.0 Å². The van der Waals surface area contributed by atoms with Crippen molar-refractivity contribution in [1.82, 2.24) is 15.1 Å². The van der Waals surface area contributed by atoms with Gasteiger partial charge in [0.1, 0.15) is 0 Å². The third kappa shape index (κ3) is 4.86. The summed E-state index contributed by atoms with van der Waals surface area (Å²) in [6.07, 6.45) is 1.01. The summed E-state index contributed by atoms with van der Waals surface area (Å²) < 4.78 is 0. The van der Waals surface area contributed by atoms with E-state index in [1.807, 2.05) is 19.2 Å². The molecule has 0 unspecified atom stereocenters. The minimum atomic E-state index is 0.715. The summed E-state index contributed by atoms with van der Waals surface area (Å²) in [7, 11) is 4.07. The number of likely N-dealkylation sites (N-methyl/N-ethyl adjacent to an activating group) is 2. The Morgan fingerprint density at radius 3 is 2.71 bits per heavy atom. The largest absolute Gasteiger partial charge is 0.388 e. The lowest BCUT2D eigenvalue weighted by Crippen LogP contribution is -2.37. The molecule has 1 aliphatic rings. The van der Waals surface area contributed by atoms with E-state index in [0.717, 1.165) is 43.3 Å². The molecule has 0 saturated carbocycles. The van der Waals surface area contributed by atoms with E-state index in [-0.39, 0.29) is 0 Å². The van der Waals surface area contributed by atoms with Gasteiger partial charge in [-0.3, -0.25) is 4.99 Å². The second-order valence-electron chi connectivity index (χ2n) is 6.14. The van der Waals surface area contributed by atoms with Crippen LogP contribution in [0.3, 0.4) is 0 Å². The van der Waals surface area contributed by atoms with Gasteiger partial charge in [-0.25, -0.2) is 0 Å². The molecule has 1 aromatic carbocycles. The molecule has 1 aromatic rings. The molecule has 4 nitrogen and oxygen atoms in total. The number of hydrogen-bond acceptors (Lipinski definition) is 4. The second kappa shape index (κ2) is 8.90. The minimum Gasteiger partial charge on any atom is -0.388 e. The van der Waals surface area contributed by atoms with Gasteiger partial charge >= 0.3 is 0 Å². The van der Waals surface area contributed by atoms with Crippen LogP contribution in [-0.4, -0.2) is 56.8 Å². The van der Waals surface area contributed by atoms with Crippen LogP contribution in [0.5, 0.6) is 0 Å². The van der Waals surface area contributed by atoms with Crippen molar-refractivity contribution in [3.05, 3.63) is 58.4 Å². The van der Waals surface area contributed by atoms with Crippen LogP contribution in [-0.2, 0) is 6.54 Å². The number of hydrogen-bond donors (Lipinski definition) is 1. The first-order valence-corrected chi connectivity index (χ1v) is 8.62. The molecule has 1 N–H and O–H groups in total. The molecule has 0 aromatic heterocycles. The van der Waals surface area contributed by atoms with Gasteiger partial charge in [-0.15, -0.1) is 0 Å². The fourth-order valence-electron chi connectivity index (χ4n) is 2.97. The van der Waals surface area contributed by atoms with Crippen LogP contribution in [0.2, 0.25) is 5.02 Å². The summed E-state index contributed by atoms with van der Waals surface area (Å²) in [4.78, 5) is 8.78. The van der Waals surface area contributed by atoms with Gasteiger partial charge in [0.15, 0.2) is 0 Å². The second-order valence-corrected chi connectivity index (χ2v) is 6.57. The third-order valence-corrected chi connectivity index (χ3v) is 4.62. The van der Waals surface area contributed by atoms with E-state index in [9.17, 15) is 0 Å². The molecule has 0 spiro atoms. The molecule has 0 fully saturated rings. The standard InChI is InChI=1S/C19H27ClN4/c1-15(22-3)18-14-23(4)11-9-19(18)24(12-10-21-2)13-16-5-7-17(20)8-6-16/h5-8,22H,1-2,9-14H2,3-4H3. The van der Waals surface area contributed by atoms with Crippen molar-refractivity contribution in [2.45, 2.75) is 13.0 Å². The number of benzene rings is 1. The molecule has 0 amide bonds. The van der Waals surface area contributed by atoms with Crippen LogP contribution in [0.15, 0.2) is 52.8 Å². The van der Waals surface area contributed by atoms with Crippen molar-refractivity contribution in [3.8, 4) is 0 Å². The molecule has 0 saturated heterocycles. The van der Waals surface area contributed by atoms with Gasteiger partial charge in [0.2, 0.25) is 0 Å². The monoisotopic (exact) mass is 346 g/mol. The van der Waals surface area contributed by atoms with Crippen molar-refractivity contribution < 1.29 is 0 Å². The Bertz CT molecular complexity index is 606. The topological polar surface area (TPSA) is 30.9 Å². The number of nitrogens with zero attached hydrogens (tertiary/aromatic N) is 3. The molecule has 24 heavy (non-hydrogen) atoms. The lowest BCUT2D eigenvalue weighted by atomic mass is 10.0. The van der Waals surface area contributed by atoms with Gasteiger partial charge < -0.3 is 15.1 Å². The van der Waals surface area contributed by atoms with Gasteiger partial charge in [0.25, 0.3) is 0 Å². The SMILES string of the molecule is C=NCCN(Cc1ccc(Cl)cc1)C1=C(C(=C)NC)CN(C)CC1. The normalized spacial score (nSPS) is 15.3. The predicted octanol–water partition coefficient (Wildman–Crippen LogP) is 3.17. The number of nitrogens with one attached hydrogen (secondary N) is 1. The first-order chi connectivity index (χ1) is 11.5. The lowest BCUT2D eigenvalue weighted by molar-refractivity contribution is 0.274. The Morgan fingerprint density at radius 2 is 2.08 bits per heavy atom. The molecule has 0 aliphatic carbocycles. The Labute approximate surface area is 150 Å². The molecule has 0 radical (unpaired) electrons. The number of halogens is 1. The summed E-state index contributed by atoms with van der Waals surface area (Å²) in [5.41, 5.74) is 4.86. The zero-order valence-electron chi connectivity index (χ0n) is 14.7. The van der Waals surface area contributed by atoms with Crippen LogP contribution in [0, 0.1) is 0 Å². The molecule has 1 aliphatic heterocycles. The Balaban J connectivity index is 2.31. The highest BCUT2D eigenvalue weighted by Crippen LogP contribution is 2.26. The van der Waals surface area contributed by atoms with Crippen LogP contribution in [0.25, 0.3) is 0 Å². The lowest BCUT2D eigenvalue weighted by Gasteiger charge is -2.36. The molecule has 130 valence electrons. The number of aliphatic imine (C=N–C) groups is 1. The van der Waals surface area contributed by atoms with Crippen molar-refractivity contribution in [2.24, 2.45) is 4.99 Å². The highest BCUT2D eigenvalue weighted by Gasteiger charge is 2.22. The smallest absolute Gasteiger partial charge is 0.0557 e. The average Bonchev–Trinajstić information content (AvgIpc) is 2.59. The van der Waals surface area contributed by atoms with Gasteiger partial charge in [-0.1, -0.05) is 30.3 Å². The Kier molecular flexibility index (Phi) is 6.88. The molecule has 2 rings (SSSR count). The third-order valence-electron chi connectivity index (χ3n) is 4.37. The Morgan fingerprint density at radius 1 is 1.38 bits per heavy atom. The molecular weight excluding hydrogens is 320 g/mol. The molecule has 0 atom stereocenters. The number of rotatable bonds is 8. The van der Waals surface area contributed by atoms with E-state index in [0.29, 0.717) is 6.54 Å².